The van der Waals surface area contributed by atoms with E-state index in [4.69, 9.17) is 0 Å². The van der Waals surface area contributed by atoms with Crippen LogP contribution in [0.3, 0.4) is 0 Å². The van der Waals surface area contributed by atoms with E-state index >= 15 is 0 Å². The molecule has 1 atom stereocenters. The smallest absolute Gasteiger partial charge is 0.300 e. The summed E-state index contributed by atoms with van der Waals surface area (Å²) in [6, 6.07) is 16.4. The zero-order valence-corrected chi connectivity index (χ0v) is 17.9. The minimum atomic E-state index is -0.685. The van der Waals surface area contributed by atoms with E-state index in [0.717, 1.165) is 26.9 Å². The number of hydrogen-bond donors (Lipinski definition) is 2. The molecular formula is C25H20N2O3S. The molecule has 1 aliphatic rings. The Morgan fingerprint density at radius 3 is 2.61 bits per heavy atom. The summed E-state index contributed by atoms with van der Waals surface area (Å²) in [6.45, 7) is 3.91. The molecule has 5 rings (SSSR count). The number of aliphatic hydroxyl groups excluding tert-OH is 1. The van der Waals surface area contributed by atoms with Crippen molar-refractivity contribution < 1.29 is 14.7 Å². The van der Waals surface area contributed by atoms with Crippen LogP contribution in [0.5, 0.6) is 0 Å². The lowest BCUT2D eigenvalue weighted by atomic mass is 9.99. The van der Waals surface area contributed by atoms with Gasteiger partial charge in [-0.25, -0.2) is 0 Å². The Balaban J connectivity index is 1.76. The lowest BCUT2D eigenvalue weighted by Crippen LogP contribution is -2.29. The molecule has 1 unspecified atom stereocenters. The van der Waals surface area contributed by atoms with Crippen LogP contribution in [-0.2, 0) is 9.59 Å². The van der Waals surface area contributed by atoms with E-state index in [-0.39, 0.29) is 11.3 Å². The number of anilines is 1. The average Bonchev–Trinajstić information content (AvgIpc) is 3.48. The number of ketones is 1. The highest BCUT2D eigenvalue weighted by Gasteiger charge is 2.47. The minimum Gasteiger partial charge on any atom is -0.507 e. The Morgan fingerprint density at radius 1 is 1.06 bits per heavy atom. The van der Waals surface area contributed by atoms with Crippen LogP contribution >= 0.6 is 11.3 Å². The van der Waals surface area contributed by atoms with Gasteiger partial charge in [0.15, 0.2) is 0 Å². The van der Waals surface area contributed by atoms with E-state index in [1.54, 1.807) is 6.20 Å². The van der Waals surface area contributed by atoms with Gasteiger partial charge in [-0.05, 0) is 43.0 Å². The van der Waals surface area contributed by atoms with Gasteiger partial charge in [-0.1, -0.05) is 42.0 Å². The number of nitrogens with zero attached hydrogens (tertiary/aromatic N) is 1. The first-order valence-corrected chi connectivity index (χ1v) is 10.8. The largest absolute Gasteiger partial charge is 0.507 e. The Bertz CT molecular complexity index is 1360. The standard InChI is InChI=1S/C25H20N2O3S/c1-14-9-10-19(15(2)12-14)27-22(20-8-5-11-31-20)21(24(29)25(27)30)23(28)17-13-26-18-7-4-3-6-16(17)18/h3-13,22,26,28H,1-2H3/b23-21-. The number of rotatable bonds is 3. The SMILES string of the molecule is Cc1ccc(N2C(=O)C(=O)/C(=C(\O)c3c[nH]c4ccccc34)C2c2cccs2)c(C)c1. The molecule has 2 aromatic carbocycles. The topological polar surface area (TPSA) is 73.4 Å². The maximum absolute atomic E-state index is 13.2. The third kappa shape index (κ3) is 2.99. The number of aryl methyl sites for hydroxylation is 2. The molecule has 6 heteroatoms. The number of thiophene rings is 1. The number of hydrogen-bond acceptors (Lipinski definition) is 4. The summed E-state index contributed by atoms with van der Waals surface area (Å²) in [6.07, 6.45) is 1.68. The molecule has 4 aromatic rings. The number of H-pyrrole nitrogens is 1. The first-order valence-electron chi connectivity index (χ1n) is 9.95. The summed E-state index contributed by atoms with van der Waals surface area (Å²) in [5.74, 6) is -1.48. The third-order valence-corrected chi connectivity index (χ3v) is 6.64. The number of aliphatic hydroxyl groups is 1. The van der Waals surface area contributed by atoms with Gasteiger partial charge in [-0.15, -0.1) is 11.3 Å². The van der Waals surface area contributed by atoms with E-state index in [0.29, 0.717) is 11.3 Å². The number of aromatic nitrogens is 1. The molecule has 2 aromatic heterocycles. The van der Waals surface area contributed by atoms with Crippen molar-refractivity contribution in [1.29, 1.82) is 0 Å². The fraction of sp³-hybridized carbons (Fsp3) is 0.120. The summed E-state index contributed by atoms with van der Waals surface area (Å²) < 4.78 is 0. The molecule has 5 nitrogen and oxygen atoms in total. The Morgan fingerprint density at radius 2 is 1.87 bits per heavy atom. The van der Waals surface area contributed by atoms with Crippen molar-refractivity contribution in [1.82, 2.24) is 4.98 Å². The monoisotopic (exact) mass is 428 g/mol. The highest BCUT2D eigenvalue weighted by molar-refractivity contribution is 7.10. The second kappa shape index (κ2) is 7.25. The van der Waals surface area contributed by atoms with Crippen molar-refractivity contribution in [2.45, 2.75) is 19.9 Å². The molecule has 1 fully saturated rings. The molecule has 2 N–H and O–H groups in total. The van der Waals surface area contributed by atoms with Crippen molar-refractivity contribution in [2.24, 2.45) is 0 Å². The number of carbonyl (C=O) groups is 2. The van der Waals surface area contributed by atoms with E-state index in [9.17, 15) is 14.7 Å². The predicted molar refractivity (Wildman–Crippen MR) is 123 cm³/mol. The molecule has 154 valence electrons. The number of aromatic amines is 1. The number of fused-ring (bicyclic) bond motifs is 1. The van der Waals surface area contributed by atoms with Gasteiger partial charge in [0, 0.05) is 33.2 Å². The zero-order valence-electron chi connectivity index (χ0n) is 17.0. The molecule has 0 spiro atoms. The van der Waals surface area contributed by atoms with Crippen molar-refractivity contribution in [3.8, 4) is 0 Å². The predicted octanol–water partition coefficient (Wildman–Crippen LogP) is 5.47. The minimum absolute atomic E-state index is 0.108. The van der Waals surface area contributed by atoms with Gasteiger partial charge in [0.25, 0.3) is 11.7 Å². The summed E-state index contributed by atoms with van der Waals surface area (Å²) in [5.41, 5.74) is 4.11. The summed E-state index contributed by atoms with van der Waals surface area (Å²) >= 11 is 1.45. The van der Waals surface area contributed by atoms with Gasteiger partial charge in [0.05, 0.1) is 5.57 Å². The summed E-state index contributed by atoms with van der Waals surface area (Å²) in [7, 11) is 0. The lowest BCUT2D eigenvalue weighted by molar-refractivity contribution is -0.132. The number of para-hydroxylation sites is 1. The second-order valence-corrected chi connectivity index (χ2v) is 8.70. The number of carbonyl (C=O) groups excluding carboxylic acids is 2. The molecule has 31 heavy (non-hydrogen) atoms. The molecule has 1 aliphatic heterocycles. The van der Waals surface area contributed by atoms with Gasteiger partial charge < -0.3 is 10.1 Å². The molecule has 0 bridgehead atoms. The van der Waals surface area contributed by atoms with Crippen molar-refractivity contribution in [3.63, 3.8) is 0 Å². The Labute approximate surface area is 183 Å². The highest BCUT2D eigenvalue weighted by atomic mass is 32.1. The van der Waals surface area contributed by atoms with Crippen LogP contribution in [0.25, 0.3) is 16.7 Å². The van der Waals surface area contributed by atoms with Crippen LogP contribution in [0, 0.1) is 13.8 Å². The summed E-state index contributed by atoms with van der Waals surface area (Å²) in [5, 5.41) is 14.0. The van der Waals surface area contributed by atoms with Crippen molar-refractivity contribution in [3.05, 3.63) is 93.3 Å². The number of nitrogens with one attached hydrogen (secondary N) is 1. The van der Waals surface area contributed by atoms with Gasteiger partial charge in [-0.2, -0.15) is 0 Å². The molecule has 0 radical (unpaired) electrons. The fourth-order valence-corrected chi connectivity index (χ4v) is 5.11. The van der Waals surface area contributed by atoms with E-state index in [2.05, 4.69) is 4.98 Å². The lowest BCUT2D eigenvalue weighted by Gasteiger charge is -2.25. The third-order valence-electron chi connectivity index (χ3n) is 5.71. The molecular weight excluding hydrogens is 408 g/mol. The number of amides is 1. The normalized spacial score (nSPS) is 18.3. The molecule has 3 heterocycles. The van der Waals surface area contributed by atoms with Crippen molar-refractivity contribution in [2.75, 3.05) is 4.90 Å². The molecule has 1 saturated heterocycles. The fourth-order valence-electron chi connectivity index (χ4n) is 4.29. The second-order valence-electron chi connectivity index (χ2n) is 7.72. The van der Waals surface area contributed by atoms with E-state index in [1.807, 2.05) is 73.8 Å². The van der Waals surface area contributed by atoms with E-state index < -0.39 is 17.7 Å². The van der Waals surface area contributed by atoms with Crippen LogP contribution in [0.2, 0.25) is 0 Å². The zero-order chi connectivity index (χ0) is 21.7. The van der Waals surface area contributed by atoms with Gasteiger partial charge >= 0.3 is 0 Å². The Hall–Kier alpha value is -3.64. The summed E-state index contributed by atoms with van der Waals surface area (Å²) in [4.78, 5) is 31.9. The highest BCUT2D eigenvalue weighted by Crippen LogP contribution is 2.45. The Kier molecular flexibility index (Phi) is 4.52. The molecule has 0 aliphatic carbocycles. The number of Topliss-reactive ketones (excluding diaryl/α,β-unsaturated/α-hetero) is 1. The van der Waals surface area contributed by atoms with Crippen LogP contribution in [0.1, 0.15) is 27.6 Å². The van der Waals surface area contributed by atoms with Crippen LogP contribution in [0.4, 0.5) is 5.69 Å². The first kappa shape index (κ1) is 19.3. The maximum atomic E-state index is 13.2. The first-order chi connectivity index (χ1) is 15.0. The van der Waals surface area contributed by atoms with E-state index in [1.165, 1.54) is 16.2 Å². The quantitative estimate of drug-likeness (QED) is 0.258. The van der Waals surface area contributed by atoms with Crippen LogP contribution < -0.4 is 4.90 Å². The van der Waals surface area contributed by atoms with Crippen LogP contribution in [0.15, 0.2) is 71.7 Å². The van der Waals surface area contributed by atoms with Gasteiger partial charge in [0.2, 0.25) is 0 Å². The van der Waals surface area contributed by atoms with Crippen molar-refractivity contribution >= 4 is 45.4 Å². The maximum Gasteiger partial charge on any atom is 0.300 e. The average molecular weight is 429 g/mol. The molecule has 1 amide bonds. The van der Waals surface area contributed by atoms with Crippen LogP contribution in [-0.4, -0.2) is 21.8 Å². The number of benzene rings is 2. The van der Waals surface area contributed by atoms with Gasteiger partial charge in [-0.3, -0.25) is 14.5 Å². The molecule has 0 saturated carbocycles. The van der Waals surface area contributed by atoms with Gasteiger partial charge in [0.1, 0.15) is 11.8 Å².